The Morgan fingerprint density at radius 1 is 1.33 bits per heavy atom. The fourth-order valence-electron chi connectivity index (χ4n) is 0.749. The first-order valence-corrected chi connectivity index (χ1v) is 9.00. The predicted molar refractivity (Wildman–Crippen MR) is 56.0 cm³/mol. The Morgan fingerprint density at radius 3 is 2.50 bits per heavy atom. The summed E-state index contributed by atoms with van der Waals surface area (Å²) < 4.78 is 0. The first kappa shape index (κ1) is 9.73. The predicted octanol–water partition coefficient (Wildman–Crippen LogP) is 2.71. The summed E-state index contributed by atoms with van der Waals surface area (Å²) in [4.78, 5) is 8.56. The molecule has 4 heteroatoms. The minimum atomic E-state index is -1.13. The molecule has 0 aromatic carbocycles. The Hall–Kier alpha value is -0.353. The zero-order valence-electron chi connectivity index (χ0n) is 7.96. The molecule has 1 rings (SSSR count). The van der Waals surface area contributed by atoms with Gasteiger partial charge >= 0.3 is 0 Å². The summed E-state index contributed by atoms with van der Waals surface area (Å²) in [5.41, 5.74) is 1.05. The van der Waals surface area contributed by atoms with Crippen molar-refractivity contribution in [1.29, 1.82) is 0 Å². The van der Waals surface area contributed by atoms with Gasteiger partial charge in [-0.1, -0.05) is 19.6 Å². The van der Waals surface area contributed by atoms with Crippen LogP contribution in [-0.4, -0.2) is 17.2 Å². The highest BCUT2D eigenvalue weighted by molar-refractivity contribution is 8.28. The van der Waals surface area contributed by atoms with E-state index in [1.807, 2.05) is 30.4 Å². The Balaban J connectivity index is 2.77. The molecular weight excluding hydrogens is 184 g/mol. The quantitative estimate of drug-likeness (QED) is 0.540. The molecule has 0 unspecified atom stereocenters. The van der Waals surface area contributed by atoms with Crippen LogP contribution in [0.3, 0.4) is 0 Å². The van der Waals surface area contributed by atoms with Crippen LogP contribution in [-0.2, 0) is 0 Å². The Labute approximate surface area is 78.5 Å². The number of rotatable bonds is 2. The highest BCUT2D eigenvalue weighted by atomic mass is 32.4. The number of aryl methyl sites for hydroxylation is 1. The van der Waals surface area contributed by atoms with Gasteiger partial charge in [0.25, 0.3) is 0 Å². The van der Waals surface area contributed by atoms with Crippen molar-refractivity contribution in [3.8, 4) is 0 Å². The third kappa shape index (κ3) is 3.36. The van der Waals surface area contributed by atoms with E-state index in [9.17, 15) is 0 Å². The molecule has 0 saturated heterocycles. The largest absolute Gasteiger partial charge is 0.232 e. The molecule has 0 aliphatic heterocycles. The second-order valence-corrected chi connectivity index (χ2v) is 12.8. The number of aromatic nitrogens is 2. The van der Waals surface area contributed by atoms with Gasteiger partial charge in [0.15, 0.2) is 5.16 Å². The third-order valence-electron chi connectivity index (χ3n) is 1.17. The van der Waals surface area contributed by atoms with Crippen LogP contribution in [0.15, 0.2) is 17.4 Å². The van der Waals surface area contributed by atoms with Gasteiger partial charge in [-0.15, -0.1) is 11.2 Å². The fourth-order valence-corrected chi connectivity index (χ4v) is 3.54. The van der Waals surface area contributed by atoms with E-state index < -0.39 is 7.22 Å². The summed E-state index contributed by atoms with van der Waals surface area (Å²) in [5, 5.41) is 0.925. The van der Waals surface area contributed by atoms with Crippen molar-refractivity contribution in [2.75, 3.05) is 0 Å². The van der Waals surface area contributed by atoms with E-state index in [0.29, 0.717) is 0 Å². The second kappa shape index (κ2) is 3.58. The van der Waals surface area contributed by atoms with Crippen molar-refractivity contribution in [2.24, 2.45) is 0 Å². The molecule has 0 N–H and O–H groups in total. The first-order valence-electron chi connectivity index (χ1n) is 3.96. The molecule has 0 amide bonds. The molecule has 0 saturated carbocycles. The Morgan fingerprint density at radius 2 is 2.00 bits per heavy atom. The third-order valence-corrected chi connectivity index (χ3v) is 4.55. The van der Waals surface area contributed by atoms with E-state index >= 15 is 0 Å². The maximum Gasteiger partial charge on any atom is 0.181 e. The maximum atomic E-state index is 4.35. The van der Waals surface area contributed by atoms with E-state index in [0.717, 1.165) is 10.9 Å². The molecule has 2 nitrogen and oxygen atoms in total. The van der Waals surface area contributed by atoms with Crippen LogP contribution in [0.25, 0.3) is 0 Å². The average Bonchev–Trinajstić information content (AvgIpc) is 1.82. The average molecular weight is 198 g/mol. The number of nitrogens with zero attached hydrogens (tertiary/aromatic N) is 2. The number of hydrogen-bond donors (Lipinski definition) is 0. The van der Waals surface area contributed by atoms with Gasteiger partial charge in [-0.25, -0.2) is 9.97 Å². The van der Waals surface area contributed by atoms with Crippen LogP contribution in [0, 0.1) is 6.92 Å². The molecule has 0 spiro atoms. The molecule has 66 valence electrons. The van der Waals surface area contributed by atoms with E-state index in [-0.39, 0.29) is 0 Å². The Kier molecular flexibility index (Phi) is 2.90. The standard InChI is InChI=1S/C8H14N2SSi/c1-7-5-6-9-8(10-7)11-12(2,3)4/h5-6H,1-4H3. The summed E-state index contributed by atoms with van der Waals surface area (Å²) >= 11 is 1.83. The van der Waals surface area contributed by atoms with Gasteiger partial charge in [-0.3, -0.25) is 0 Å². The zero-order valence-corrected chi connectivity index (χ0v) is 9.77. The molecule has 12 heavy (non-hydrogen) atoms. The molecule has 0 bridgehead atoms. The molecule has 0 aliphatic carbocycles. The van der Waals surface area contributed by atoms with Crippen LogP contribution in [0.1, 0.15) is 5.69 Å². The van der Waals surface area contributed by atoms with Gasteiger partial charge in [-0.2, -0.15) is 0 Å². The van der Waals surface area contributed by atoms with E-state index in [4.69, 9.17) is 0 Å². The highest BCUT2D eigenvalue weighted by Gasteiger charge is 2.16. The summed E-state index contributed by atoms with van der Waals surface area (Å²) in [7, 11) is -1.13. The fraction of sp³-hybridized carbons (Fsp3) is 0.500. The second-order valence-electron chi connectivity index (χ2n) is 3.70. The summed E-state index contributed by atoms with van der Waals surface area (Å²) in [6.45, 7) is 8.88. The topological polar surface area (TPSA) is 25.8 Å². The summed E-state index contributed by atoms with van der Waals surface area (Å²) in [6, 6.07) is 1.92. The van der Waals surface area contributed by atoms with Gasteiger partial charge in [0.05, 0.1) is 0 Å². The summed E-state index contributed by atoms with van der Waals surface area (Å²) in [5.74, 6) is 0. The van der Waals surface area contributed by atoms with Gasteiger partial charge in [0.2, 0.25) is 0 Å². The van der Waals surface area contributed by atoms with Gasteiger partial charge in [0.1, 0.15) is 7.22 Å². The lowest BCUT2D eigenvalue weighted by Gasteiger charge is -2.12. The van der Waals surface area contributed by atoms with Crippen molar-refractivity contribution in [3.05, 3.63) is 18.0 Å². The van der Waals surface area contributed by atoms with Crippen molar-refractivity contribution >= 4 is 18.4 Å². The lowest BCUT2D eigenvalue weighted by Crippen LogP contribution is -2.14. The van der Waals surface area contributed by atoms with Crippen LogP contribution in [0.4, 0.5) is 0 Å². The highest BCUT2D eigenvalue weighted by Crippen LogP contribution is 2.25. The van der Waals surface area contributed by atoms with Crippen LogP contribution < -0.4 is 0 Å². The molecule has 1 heterocycles. The number of hydrogen-bond acceptors (Lipinski definition) is 3. The van der Waals surface area contributed by atoms with Crippen molar-refractivity contribution < 1.29 is 0 Å². The van der Waals surface area contributed by atoms with Crippen LogP contribution >= 0.6 is 11.2 Å². The molecule has 0 atom stereocenters. The SMILES string of the molecule is Cc1ccnc(S[Si](C)(C)C)n1. The Bertz CT molecular complexity index is 270. The van der Waals surface area contributed by atoms with Crippen molar-refractivity contribution in [2.45, 2.75) is 31.7 Å². The summed E-state index contributed by atoms with van der Waals surface area (Å²) in [6.07, 6.45) is 1.82. The molecule has 0 aliphatic rings. The van der Waals surface area contributed by atoms with Gasteiger partial charge < -0.3 is 0 Å². The van der Waals surface area contributed by atoms with Crippen molar-refractivity contribution in [3.63, 3.8) is 0 Å². The van der Waals surface area contributed by atoms with E-state index in [1.165, 1.54) is 0 Å². The first-order chi connectivity index (χ1) is 5.47. The van der Waals surface area contributed by atoms with Crippen LogP contribution in [0.5, 0.6) is 0 Å². The molecule has 0 radical (unpaired) electrons. The lowest BCUT2D eigenvalue weighted by atomic mass is 10.5. The van der Waals surface area contributed by atoms with Gasteiger partial charge in [-0.05, 0) is 13.0 Å². The van der Waals surface area contributed by atoms with E-state index in [2.05, 4.69) is 29.6 Å². The van der Waals surface area contributed by atoms with Crippen molar-refractivity contribution in [1.82, 2.24) is 9.97 Å². The normalized spacial score (nSPS) is 11.7. The van der Waals surface area contributed by atoms with Gasteiger partial charge in [0, 0.05) is 11.9 Å². The smallest absolute Gasteiger partial charge is 0.181 e. The lowest BCUT2D eigenvalue weighted by molar-refractivity contribution is 0.937. The maximum absolute atomic E-state index is 4.35. The minimum absolute atomic E-state index is 0.925. The molecule has 0 fully saturated rings. The molecular formula is C8H14N2SSi. The zero-order chi connectivity index (χ0) is 9.19. The van der Waals surface area contributed by atoms with Crippen LogP contribution in [0.2, 0.25) is 19.6 Å². The van der Waals surface area contributed by atoms with E-state index in [1.54, 1.807) is 0 Å². The molecule has 1 aromatic heterocycles. The monoisotopic (exact) mass is 198 g/mol. The molecule has 1 aromatic rings. The minimum Gasteiger partial charge on any atom is -0.232 e.